The number of hydrogen-bond acceptors (Lipinski definition) is 4. The fourth-order valence-electron chi connectivity index (χ4n) is 4.04. The van der Waals surface area contributed by atoms with E-state index in [0.717, 1.165) is 38.2 Å². The Kier molecular flexibility index (Phi) is 5.81. The van der Waals surface area contributed by atoms with Gasteiger partial charge in [-0.15, -0.1) is 0 Å². The van der Waals surface area contributed by atoms with Crippen molar-refractivity contribution in [2.75, 3.05) is 24.5 Å². The van der Waals surface area contributed by atoms with Crippen LogP contribution in [0.3, 0.4) is 0 Å². The van der Waals surface area contributed by atoms with Gasteiger partial charge < -0.3 is 15.0 Å². The van der Waals surface area contributed by atoms with Crippen LogP contribution in [-0.4, -0.2) is 48.5 Å². The summed E-state index contributed by atoms with van der Waals surface area (Å²) in [6.45, 7) is 4.60. The highest BCUT2D eigenvalue weighted by atomic mass is 16.5. The molecule has 1 fully saturated rings. The molecule has 6 heteroatoms. The normalized spacial score (nSPS) is 19.9. The molecule has 6 nitrogen and oxygen atoms in total. The van der Waals surface area contributed by atoms with Crippen LogP contribution in [0.2, 0.25) is 0 Å². The Morgan fingerprint density at radius 2 is 1.72 bits per heavy atom. The third-order valence-electron chi connectivity index (χ3n) is 5.63. The van der Waals surface area contributed by atoms with Gasteiger partial charge in [-0.2, -0.15) is 0 Å². The average Bonchev–Trinajstić information content (AvgIpc) is 2.75. The van der Waals surface area contributed by atoms with Gasteiger partial charge in [-0.25, -0.2) is 0 Å². The van der Waals surface area contributed by atoms with Gasteiger partial charge in [0.05, 0.1) is 12.2 Å². The monoisotopic (exact) mass is 393 g/mol. The molecule has 1 N–H and O–H groups in total. The van der Waals surface area contributed by atoms with Crippen LogP contribution in [0.15, 0.2) is 54.6 Å². The smallest absolute Gasteiger partial charge is 0.263 e. The number of benzene rings is 2. The molecule has 152 valence electrons. The highest BCUT2D eigenvalue weighted by molar-refractivity contribution is 5.95. The van der Waals surface area contributed by atoms with E-state index < -0.39 is 6.10 Å². The number of amides is 2. The van der Waals surface area contributed by atoms with Gasteiger partial charge in [-0.1, -0.05) is 42.5 Å². The van der Waals surface area contributed by atoms with Crippen molar-refractivity contribution in [1.82, 2.24) is 10.2 Å². The minimum atomic E-state index is -0.684. The quantitative estimate of drug-likeness (QED) is 0.867. The van der Waals surface area contributed by atoms with Crippen molar-refractivity contribution < 1.29 is 14.3 Å². The molecule has 1 saturated heterocycles. The zero-order chi connectivity index (χ0) is 20.2. The summed E-state index contributed by atoms with van der Waals surface area (Å²) in [4.78, 5) is 28.9. The van der Waals surface area contributed by atoms with Crippen molar-refractivity contribution in [2.24, 2.45) is 0 Å². The Labute approximate surface area is 171 Å². The minimum Gasteiger partial charge on any atom is -0.477 e. The molecule has 2 aliphatic heterocycles. The molecule has 2 aromatic carbocycles. The maximum Gasteiger partial charge on any atom is 0.263 e. The van der Waals surface area contributed by atoms with E-state index in [4.69, 9.17) is 4.74 Å². The molecule has 0 aliphatic carbocycles. The number of hydrogen-bond donors (Lipinski definition) is 1. The molecular weight excluding hydrogens is 366 g/mol. The number of nitrogens with one attached hydrogen (secondary N) is 1. The Bertz CT molecular complexity index is 863. The lowest BCUT2D eigenvalue weighted by atomic mass is 10.0. The molecule has 2 aromatic rings. The van der Waals surface area contributed by atoms with Crippen molar-refractivity contribution in [1.29, 1.82) is 0 Å². The highest BCUT2D eigenvalue weighted by Gasteiger charge is 2.33. The molecular formula is C23H27N3O3. The van der Waals surface area contributed by atoms with Gasteiger partial charge in [0.2, 0.25) is 5.91 Å². The Morgan fingerprint density at radius 1 is 1.03 bits per heavy atom. The molecule has 0 radical (unpaired) electrons. The molecule has 0 unspecified atom stereocenters. The van der Waals surface area contributed by atoms with Gasteiger partial charge in [0.1, 0.15) is 5.75 Å². The van der Waals surface area contributed by atoms with E-state index in [1.165, 1.54) is 12.5 Å². The number of piperidine rings is 1. The fraction of sp³-hybridized carbons (Fsp3) is 0.391. The third-order valence-corrected chi connectivity index (χ3v) is 5.63. The second kappa shape index (κ2) is 8.66. The molecule has 2 amide bonds. The maximum absolute atomic E-state index is 12.8. The van der Waals surface area contributed by atoms with E-state index in [9.17, 15) is 9.59 Å². The summed E-state index contributed by atoms with van der Waals surface area (Å²) < 4.78 is 5.90. The second-order valence-electron chi connectivity index (χ2n) is 7.75. The van der Waals surface area contributed by atoms with E-state index in [1.807, 2.05) is 24.3 Å². The van der Waals surface area contributed by atoms with Gasteiger partial charge >= 0.3 is 0 Å². The van der Waals surface area contributed by atoms with Gasteiger partial charge in [0, 0.05) is 32.6 Å². The average molecular weight is 393 g/mol. The summed E-state index contributed by atoms with van der Waals surface area (Å²) in [6, 6.07) is 17.9. The van der Waals surface area contributed by atoms with Gasteiger partial charge in [0.25, 0.3) is 5.91 Å². The van der Waals surface area contributed by atoms with Gasteiger partial charge in [-0.05, 0) is 30.5 Å². The Balaban J connectivity index is 1.32. The highest BCUT2D eigenvalue weighted by Crippen LogP contribution is 2.33. The summed E-state index contributed by atoms with van der Waals surface area (Å²) in [5.41, 5.74) is 2.03. The van der Waals surface area contributed by atoms with E-state index in [0.29, 0.717) is 5.75 Å². The van der Waals surface area contributed by atoms with Crippen molar-refractivity contribution >= 4 is 17.5 Å². The van der Waals surface area contributed by atoms with Crippen molar-refractivity contribution in [3.8, 4) is 5.75 Å². The predicted octanol–water partition coefficient (Wildman–Crippen LogP) is 2.58. The number of likely N-dealkylation sites (tertiary alicyclic amines) is 1. The number of carbonyl (C=O) groups is 2. The molecule has 0 bridgehead atoms. The zero-order valence-electron chi connectivity index (χ0n) is 16.7. The summed E-state index contributed by atoms with van der Waals surface area (Å²) in [6.07, 6.45) is 1.15. The fourth-order valence-corrected chi connectivity index (χ4v) is 4.04. The summed E-state index contributed by atoms with van der Waals surface area (Å²) in [5, 5.41) is 3.13. The van der Waals surface area contributed by atoms with Crippen molar-refractivity contribution in [3.05, 3.63) is 60.2 Å². The van der Waals surface area contributed by atoms with Gasteiger partial charge in [0.15, 0.2) is 6.10 Å². The van der Waals surface area contributed by atoms with Crippen LogP contribution < -0.4 is 15.0 Å². The topological polar surface area (TPSA) is 61.9 Å². The molecule has 2 heterocycles. The first kappa shape index (κ1) is 19.5. The maximum atomic E-state index is 12.8. The number of carbonyl (C=O) groups excluding carboxylic acids is 2. The number of nitrogens with zero attached hydrogens (tertiary/aromatic N) is 2. The number of para-hydroxylation sites is 2. The lowest BCUT2D eigenvalue weighted by molar-refractivity contribution is -0.129. The number of anilines is 1. The molecule has 29 heavy (non-hydrogen) atoms. The third kappa shape index (κ3) is 4.59. The van der Waals surface area contributed by atoms with Crippen LogP contribution in [0.4, 0.5) is 5.69 Å². The van der Waals surface area contributed by atoms with Crippen LogP contribution in [-0.2, 0) is 16.1 Å². The first-order chi connectivity index (χ1) is 14.1. The van der Waals surface area contributed by atoms with Crippen molar-refractivity contribution in [2.45, 2.75) is 38.5 Å². The zero-order valence-corrected chi connectivity index (χ0v) is 16.7. The first-order valence-electron chi connectivity index (χ1n) is 10.2. The van der Waals surface area contributed by atoms with Crippen LogP contribution in [0.1, 0.15) is 25.3 Å². The molecule has 1 atom stereocenters. The van der Waals surface area contributed by atoms with Crippen LogP contribution in [0.25, 0.3) is 0 Å². The minimum absolute atomic E-state index is 0.0900. The van der Waals surface area contributed by atoms with Crippen LogP contribution in [0, 0.1) is 0 Å². The molecule has 0 aromatic heterocycles. The molecule has 0 saturated carbocycles. The lowest BCUT2D eigenvalue weighted by Gasteiger charge is -2.36. The SMILES string of the molecule is CC(=O)N1C[C@@H](C(=O)NC2CCN(Cc3ccccc3)CC2)Oc2ccccc21. The Hall–Kier alpha value is -2.86. The Morgan fingerprint density at radius 3 is 2.45 bits per heavy atom. The molecule has 2 aliphatic rings. The van der Waals surface area contributed by atoms with Crippen LogP contribution in [0.5, 0.6) is 5.75 Å². The molecule has 4 rings (SSSR count). The number of rotatable bonds is 4. The van der Waals surface area contributed by atoms with E-state index >= 15 is 0 Å². The van der Waals surface area contributed by atoms with Gasteiger partial charge in [-0.3, -0.25) is 14.5 Å². The summed E-state index contributed by atoms with van der Waals surface area (Å²) in [5.74, 6) is 0.340. The number of fused-ring (bicyclic) bond motifs is 1. The first-order valence-corrected chi connectivity index (χ1v) is 10.2. The lowest BCUT2D eigenvalue weighted by Crippen LogP contribution is -2.53. The molecule has 0 spiro atoms. The van der Waals surface area contributed by atoms with E-state index in [1.54, 1.807) is 11.0 Å². The standard InChI is InChI=1S/C23H27N3O3/c1-17(27)26-16-22(29-21-10-6-5-9-20(21)26)23(28)24-19-11-13-25(14-12-19)15-18-7-3-2-4-8-18/h2-10,19,22H,11-16H2,1H3,(H,24,28)/t22-/m0/s1. The summed E-state index contributed by atoms with van der Waals surface area (Å²) in [7, 11) is 0. The van der Waals surface area contributed by atoms with Crippen molar-refractivity contribution in [3.63, 3.8) is 0 Å². The second-order valence-corrected chi connectivity index (χ2v) is 7.75. The van der Waals surface area contributed by atoms with E-state index in [2.05, 4.69) is 34.5 Å². The van der Waals surface area contributed by atoms with E-state index in [-0.39, 0.29) is 24.4 Å². The van der Waals surface area contributed by atoms with Crippen LogP contribution >= 0.6 is 0 Å². The number of ether oxygens (including phenoxy) is 1. The predicted molar refractivity (Wildman–Crippen MR) is 112 cm³/mol. The largest absolute Gasteiger partial charge is 0.477 e. The summed E-state index contributed by atoms with van der Waals surface area (Å²) >= 11 is 0.